The third-order valence-electron chi connectivity index (χ3n) is 2.89. The number of aliphatic hydroxyl groups excluding tert-OH is 1. The summed E-state index contributed by atoms with van der Waals surface area (Å²) < 4.78 is 1.96. The monoisotopic (exact) mass is 238 g/mol. The Morgan fingerprint density at radius 2 is 2.53 bits per heavy atom. The SMILES string of the molecule is CCN(CCO)C(=O)c1cn2c(n1)NCCC2. The number of aromatic nitrogens is 2. The van der Waals surface area contributed by atoms with Gasteiger partial charge in [0, 0.05) is 32.4 Å². The molecule has 0 unspecified atom stereocenters. The van der Waals surface area contributed by atoms with Crippen LogP contribution in [0.4, 0.5) is 5.95 Å². The number of aliphatic hydroxyl groups is 1. The van der Waals surface area contributed by atoms with Crippen LogP contribution in [-0.4, -0.2) is 51.7 Å². The smallest absolute Gasteiger partial charge is 0.274 e. The normalized spacial score (nSPS) is 14.0. The number of nitrogens with zero attached hydrogens (tertiary/aromatic N) is 3. The fourth-order valence-corrected chi connectivity index (χ4v) is 1.97. The maximum atomic E-state index is 12.1. The van der Waals surface area contributed by atoms with E-state index in [4.69, 9.17) is 5.11 Å². The highest BCUT2D eigenvalue weighted by atomic mass is 16.3. The Bertz CT molecular complexity index is 379. The van der Waals surface area contributed by atoms with E-state index in [0.29, 0.717) is 18.8 Å². The predicted molar refractivity (Wildman–Crippen MR) is 64.0 cm³/mol. The molecule has 1 aromatic heterocycles. The van der Waals surface area contributed by atoms with E-state index in [9.17, 15) is 4.79 Å². The molecule has 1 amide bonds. The molecule has 0 bridgehead atoms. The van der Waals surface area contributed by atoms with Gasteiger partial charge in [0.05, 0.1) is 6.61 Å². The number of anilines is 1. The molecule has 1 aliphatic rings. The third kappa shape index (κ3) is 2.41. The van der Waals surface area contributed by atoms with Crippen LogP contribution in [0.1, 0.15) is 23.8 Å². The second-order valence-electron chi connectivity index (χ2n) is 4.03. The van der Waals surface area contributed by atoms with Crippen LogP contribution in [0.3, 0.4) is 0 Å². The van der Waals surface area contributed by atoms with E-state index in [0.717, 1.165) is 25.5 Å². The number of imidazole rings is 1. The molecule has 2 N–H and O–H groups in total. The third-order valence-corrected chi connectivity index (χ3v) is 2.89. The Kier molecular flexibility index (Phi) is 3.63. The first-order valence-electron chi connectivity index (χ1n) is 5.97. The van der Waals surface area contributed by atoms with Gasteiger partial charge in [0.1, 0.15) is 5.69 Å². The molecular formula is C11H18N4O2. The molecule has 0 spiro atoms. The summed E-state index contributed by atoms with van der Waals surface area (Å²) in [4.78, 5) is 18.0. The number of hydrogen-bond donors (Lipinski definition) is 2. The Morgan fingerprint density at radius 1 is 1.71 bits per heavy atom. The van der Waals surface area contributed by atoms with Crippen molar-refractivity contribution in [2.75, 3.05) is 31.6 Å². The first-order chi connectivity index (χ1) is 8.26. The lowest BCUT2D eigenvalue weighted by Crippen LogP contribution is -2.33. The van der Waals surface area contributed by atoms with Crippen LogP contribution < -0.4 is 5.32 Å². The minimum atomic E-state index is -0.120. The number of aryl methyl sites for hydroxylation is 1. The highest BCUT2D eigenvalue weighted by Crippen LogP contribution is 2.15. The Morgan fingerprint density at radius 3 is 3.18 bits per heavy atom. The molecule has 2 heterocycles. The fourth-order valence-electron chi connectivity index (χ4n) is 1.97. The van der Waals surface area contributed by atoms with Crippen LogP contribution in [0, 0.1) is 0 Å². The lowest BCUT2D eigenvalue weighted by molar-refractivity contribution is 0.0726. The number of fused-ring (bicyclic) bond motifs is 1. The van der Waals surface area contributed by atoms with Crippen molar-refractivity contribution in [3.63, 3.8) is 0 Å². The Labute approximate surface area is 100 Å². The van der Waals surface area contributed by atoms with E-state index in [1.165, 1.54) is 0 Å². The van der Waals surface area contributed by atoms with Crippen LogP contribution in [0.25, 0.3) is 0 Å². The van der Waals surface area contributed by atoms with Gasteiger partial charge in [-0.15, -0.1) is 0 Å². The minimum Gasteiger partial charge on any atom is -0.395 e. The molecule has 17 heavy (non-hydrogen) atoms. The summed E-state index contributed by atoms with van der Waals surface area (Å²) in [5.74, 6) is 0.643. The number of amides is 1. The van der Waals surface area contributed by atoms with Gasteiger partial charge in [-0.05, 0) is 13.3 Å². The van der Waals surface area contributed by atoms with Gasteiger partial charge in [0.15, 0.2) is 0 Å². The second-order valence-corrected chi connectivity index (χ2v) is 4.03. The molecule has 0 aromatic carbocycles. The van der Waals surface area contributed by atoms with Crippen LogP contribution in [-0.2, 0) is 6.54 Å². The predicted octanol–water partition coefficient (Wildman–Crippen LogP) is 0.153. The van der Waals surface area contributed by atoms with Crippen LogP contribution in [0.5, 0.6) is 0 Å². The molecule has 94 valence electrons. The molecule has 6 nitrogen and oxygen atoms in total. The van der Waals surface area contributed by atoms with Gasteiger partial charge < -0.3 is 19.9 Å². The zero-order valence-electron chi connectivity index (χ0n) is 10.0. The standard InChI is InChI=1S/C11H18N4O2/c1-2-14(6-7-16)10(17)9-8-15-5-3-4-12-11(15)13-9/h8,16H,2-7H2,1H3,(H,12,13). The minimum absolute atomic E-state index is 0.0224. The van der Waals surface area contributed by atoms with Gasteiger partial charge >= 0.3 is 0 Å². The molecule has 0 saturated carbocycles. The number of hydrogen-bond acceptors (Lipinski definition) is 4. The molecule has 0 radical (unpaired) electrons. The molecule has 0 saturated heterocycles. The van der Waals surface area contributed by atoms with Crippen molar-refractivity contribution in [3.05, 3.63) is 11.9 Å². The molecule has 6 heteroatoms. The number of nitrogens with one attached hydrogen (secondary N) is 1. The van der Waals surface area contributed by atoms with E-state index in [2.05, 4.69) is 10.3 Å². The van der Waals surface area contributed by atoms with Gasteiger partial charge in [-0.2, -0.15) is 0 Å². The van der Waals surface area contributed by atoms with Crippen molar-refractivity contribution in [2.45, 2.75) is 19.9 Å². The summed E-state index contributed by atoms with van der Waals surface area (Å²) in [6, 6.07) is 0. The molecule has 0 atom stereocenters. The van der Waals surface area contributed by atoms with E-state index < -0.39 is 0 Å². The maximum absolute atomic E-state index is 12.1. The van der Waals surface area contributed by atoms with Crippen LogP contribution >= 0.6 is 0 Å². The fraction of sp³-hybridized carbons (Fsp3) is 0.636. The van der Waals surface area contributed by atoms with E-state index in [1.54, 1.807) is 11.1 Å². The molecule has 0 aliphatic carbocycles. The molecule has 1 aliphatic heterocycles. The highest BCUT2D eigenvalue weighted by Gasteiger charge is 2.20. The first-order valence-corrected chi connectivity index (χ1v) is 5.97. The molecular weight excluding hydrogens is 220 g/mol. The van der Waals surface area contributed by atoms with Gasteiger partial charge in [0.25, 0.3) is 5.91 Å². The molecule has 2 rings (SSSR count). The van der Waals surface area contributed by atoms with Gasteiger partial charge in [-0.1, -0.05) is 0 Å². The topological polar surface area (TPSA) is 70.4 Å². The van der Waals surface area contributed by atoms with Crippen molar-refractivity contribution in [1.29, 1.82) is 0 Å². The largest absolute Gasteiger partial charge is 0.395 e. The van der Waals surface area contributed by atoms with E-state index in [1.807, 2.05) is 11.5 Å². The number of carbonyl (C=O) groups excluding carboxylic acids is 1. The number of rotatable bonds is 4. The van der Waals surface area contributed by atoms with E-state index in [-0.39, 0.29) is 12.5 Å². The molecule has 1 aromatic rings. The highest BCUT2D eigenvalue weighted by molar-refractivity contribution is 5.92. The Balaban J connectivity index is 2.15. The Hall–Kier alpha value is -1.56. The summed E-state index contributed by atoms with van der Waals surface area (Å²) >= 11 is 0. The van der Waals surface area contributed by atoms with Crippen molar-refractivity contribution >= 4 is 11.9 Å². The number of carbonyl (C=O) groups is 1. The number of likely N-dealkylation sites (N-methyl/N-ethyl adjacent to an activating group) is 1. The van der Waals surface area contributed by atoms with Crippen molar-refractivity contribution in [3.8, 4) is 0 Å². The lowest BCUT2D eigenvalue weighted by Gasteiger charge is -2.17. The lowest BCUT2D eigenvalue weighted by atomic mass is 10.3. The zero-order chi connectivity index (χ0) is 12.3. The van der Waals surface area contributed by atoms with Gasteiger partial charge in [-0.3, -0.25) is 4.79 Å². The van der Waals surface area contributed by atoms with E-state index >= 15 is 0 Å². The van der Waals surface area contributed by atoms with Gasteiger partial charge in [0.2, 0.25) is 5.95 Å². The average Bonchev–Trinajstić information content (AvgIpc) is 2.78. The van der Waals surface area contributed by atoms with Gasteiger partial charge in [-0.25, -0.2) is 4.98 Å². The zero-order valence-corrected chi connectivity index (χ0v) is 10.0. The summed E-state index contributed by atoms with van der Waals surface area (Å²) in [5, 5.41) is 12.1. The molecule has 0 fully saturated rings. The maximum Gasteiger partial charge on any atom is 0.274 e. The van der Waals surface area contributed by atoms with Crippen molar-refractivity contribution in [2.24, 2.45) is 0 Å². The second kappa shape index (κ2) is 5.18. The summed E-state index contributed by atoms with van der Waals surface area (Å²) in [6.07, 6.45) is 2.83. The first kappa shape index (κ1) is 11.9. The van der Waals surface area contributed by atoms with Crippen LogP contribution in [0.15, 0.2) is 6.20 Å². The summed E-state index contributed by atoms with van der Waals surface area (Å²) in [6.45, 7) is 4.60. The quantitative estimate of drug-likeness (QED) is 0.783. The van der Waals surface area contributed by atoms with Crippen LogP contribution in [0.2, 0.25) is 0 Å². The average molecular weight is 238 g/mol. The summed E-state index contributed by atoms with van der Waals surface area (Å²) in [5.41, 5.74) is 0.449. The summed E-state index contributed by atoms with van der Waals surface area (Å²) in [7, 11) is 0. The van der Waals surface area contributed by atoms with Crippen molar-refractivity contribution < 1.29 is 9.90 Å². The van der Waals surface area contributed by atoms with Crippen molar-refractivity contribution in [1.82, 2.24) is 14.5 Å².